The number of esters is 1. The summed E-state index contributed by atoms with van der Waals surface area (Å²) >= 11 is 0. The number of benzene rings is 2. The zero-order valence-corrected chi connectivity index (χ0v) is 11.7. The average molecular weight is 297 g/mol. The first-order chi connectivity index (χ1) is 10.7. The maximum Gasteiger partial charge on any atom is 0.336 e. The molecule has 0 fully saturated rings. The van der Waals surface area contributed by atoms with Crippen molar-refractivity contribution < 1.29 is 14.6 Å². The first kappa shape index (κ1) is 15.6. The number of nitrogens with zero attached hydrogens (tertiary/aromatic N) is 3. The van der Waals surface area contributed by atoms with E-state index in [4.69, 9.17) is 10.3 Å². The Morgan fingerprint density at radius 3 is 2.32 bits per heavy atom. The van der Waals surface area contributed by atoms with Crippen LogP contribution in [0.1, 0.15) is 17.2 Å². The van der Waals surface area contributed by atoms with Crippen LogP contribution < -0.4 is 0 Å². The number of ether oxygens (including phenoxy) is 1. The van der Waals surface area contributed by atoms with Crippen LogP contribution in [0.5, 0.6) is 0 Å². The van der Waals surface area contributed by atoms with Gasteiger partial charge in [-0.15, -0.1) is 0 Å². The van der Waals surface area contributed by atoms with Crippen LogP contribution in [0.3, 0.4) is 0 Å². The fraction of sp³-hybridized carbons (Fsp3) is 0.188. The van der Waals surface area contributed by atoms with Gasteiger partial charge in [-0.2, -0.15) is 0 Å². The van der Waals surface area contributed by atoms with Crippen LogP contribution in [0.4, 0.5) is 0 Å². The standard InChI is InChI=1S/C16H15N3O3/c17-19-18-14(13-9-5-2-6-10-13)15(20)16(21)22-11-12-7-3-1-4-8-12/h1-10,14-15,20H,11H2/t14-,15-/m1/s1. The minimum absolute atomic E-state index is 0.0501. The van der Waals surface area contributed by atoms with Gasteiger partial charge < -0.3 is 9.84 Å². The molecule has 2 rings (SSSR count). The fourth-order valence-corrected chi connectivity index (χ4v) is 1.96. The van der Waals surface area contributed by atoms with Crippen LogP contribution in [0.2, 0.25) is 0 Å². The summed E-state index contributed by atoms with van der Waals surface area (Å²) in [6.45, 7) is 0.0501. The van der Waals surface area contributed by atoms with Crippen molar-refractivity contribution in [3.8, 4) is 0 Å². The van der Waals surface area contributed by atoms with E-state index in [0.717, 1.165) is 5.56 Å². The van der Waals surface area contributed by atoms with Gasteiger partial charge in [0.2, 0.25) is 0 Å². The largest absolute Gasteiger partial charge is 0.459 e. The Morgan fingerprint density at radius 2 is 1.73 bits per heavy atom. The number of hydrogen-bond donors (Lipinski definition) is 1. The van der Waals surface area contributed by atoms with Crippen molar-refractivity contribution >= 4 is 5.97 Å². The molecule has 0 aliphatic heterocycles. The van der Waals surface area contributed by atoms with E-state index < -0.39 is 18.1 Å². The molecule has 2 atom stereocenters. The predicted molar refractivity (Wildman–Crippen MR) is 80.6 cm³/mol. The van der Waals surface area contributed by atoms with Gasteiger partial charge in [0.1, 0.15) is 6.61 Å². The third kappa shape index (κ3) is 4.09. The molecule has 0 bridgehead atoms. The van der Waals surface area contributed by atoms with E-state index in [1.807, 2.05) is 30.3 Å². The van der Waals surface area contributed by atoms with Crippen LogP contribution in [0, 0.1) is 0 Å². The molecule has 0 saturated heterocycles. The minimum Gasteiger partial charge on any atom is -0.459 e. The summed E-state index contributed by atoms with van der Waals surface area (Å²) < 4.78 is 5.07. The average Bonchev–Trinajstić information content (AvgIpc) is 2.58. The first-order valence-corrected chi connectivity index (χ1v) is 6.70. The first-order valence-electron chi connectivity index (χ1n) is 6.70. The number of hydrogen-bond acceptors (Lipinski definition) is 4. The van der Waals surface area contributed by atoms with Crippen LogP contribution in [-0.2, 0) is 16.1 Å². The van der Waals surface area contributed by atoms with Crippen molar-refractivity contribution in [1.82, 2.24) is 0 Å². The summed E-state index contributed by atoms with van der Waals surface area (Å²) in [7, 11) is 0. The lowest BCUT2D eigenvalue weighted by molar-refractivity contribution is -0.156. The van der Waals surface area contributed by atoms with Crippen molar-refractivity contribution in [3.05, 3.63) is 82.2 Å². The molecule has 2 aromatic carbocycles. The predicted octanol–water partition coefficient (Wildman–Crippen LogP) is 3.14. The maximum atomic E-state index is 12.0. The molecule has 0 heterocycles. The maximum absolute atomic E-state index is 12.0. The van der Waals surface area contributed by atoms with Gasteiger partial charge in [0.25, 0.3) is 0 Å². The number of rotatable bonds is 6. The van der Waals surface area contributed by atoms with Crippen molar-refractivity contribution in [2.75, 3.05) is 0 Å². The zero-order valence-electron chi connectivity index (χ0n) is 11.7. The minimum atomic E-state index is -1.55. The van der Waals surface area contributed by atoms with E-state index in [1.165, 1.54) is 0 Å². The van der Waals surface area contributed by atoms with Gasteiger partial charge in [-0.05, 0) is 16.7 Å². The normalized spacial score (nSPS) is 12.8. The van der Waals surface area contributed by atoms with Crippen LogP contribution in [-0.4, -0.2) is 17.2 Å². The van der Waals surface area contributed by atoms with Crippen LogP contribution >= 0.6 is 0 Å². The van der Waals surface area contributed by atoms with E-state index in [0.29, 0.717) is 5.56 Å². The van der Waals surface area contributed by atoms with Crippen LogP contribution in [0.25, 0.3) is 10.4 Å². The lowest BCUT2D eigenvalue weighted by Gasteiger charge is -2.17. The second-order valence-electron chi connectivity index (χ2n) is 4.60. The van der Waals surface area contributed by atoms with Gasteiger partial charge in [-0.3, -0.25) is 0 Å². The molecule has 2 aromatic rings. The molecule has 22 heavy (non-hydrogen) atoms. The van der Waals surface area contributed by atoms with E-state index in [9.17, 15) is 9.90 Å². The summed E-state index contributed by atoms with van der Waals surface area (Å²) in [6, 6.07) is 16.7. The van der Waals surface area contributed by atoms with Gasteiger partial charge >= 0.3 is 5.97 Å². The Bertz CT molecular complexity index is 655. The molecule has 6 nitrogen and oxygen atoms in total. The molecular formula is C16H15N3O3. The fourth-order valence-electron chi connectivity index (χ4n) is 1.96. The third-order valence-electron chi connectivity index (χ3n) is 3.08. The van der Waals surface area contributed by atoms with Crippen molar-refractivity contribution in [2.24, 2.45) is 5.11 Å². The highest BCUT2D eigenvalue weighted by Gasteiger charge is 2.28. The van der Waals surface area contributed by atoms with Gasteiger partial charge in [-0.1, -0.05) is 65.8 Å². The molecule has 0 aliphatic rings. The molecule has 112 valence electrons. The number of carbonyl (C=O) groups excluding carboxylic acids is 1. The van der Waals surface area contributed by atoms with Gasteiger partial charge in [0, 0.05) is 4.91 Å². The number of azide groups is 1. The van der Waals surface area contributed by atoms with E-state index >= 15 is 0 Å². The molecule has 0 unspecified atom stereocenters. The summed E-state index contributed by atoms with van der Waals surface area (Å²) in [5.41, 5.74) is 9.99. The smallest absolute Gasteiger partial charge is 0.336 e. The second kappa shape index (κ2) is 7.83. The summed E-state index contributed by atoms with van der Waals surface area (Å²) in [4.78, 5) is 14.6. The third-order valence-corrected chi connectivity index (χ3v) is 3.08. The highest BCUT2D eigenvalue weighted by molar-refractivity contribution is 5.75. The Kier molecular flexibility index (Phi) is 5.54. The van der Waals surface area contributed by atoms with Crippen molar-refractivity contribution in [1.29, 1.82) is 0 Å². The molecule has 0 radical (unpaired) electrons. The highest BCUT2D eigenvalue weighted by atomic mass is 16.5. The molecular weight excluding hydrogens is 282 g/mol. The Labute approximate surface area is 127 Å². The van der Waals surface area contributed by atoms with Gasteiger partial charge in [0.05, 0.1) is 6.04 Å². The number of aliphatic hydroxyl groups is 1. The molecule has 0 amide bonds. The SMILES string of the molecule is [N-]=[N+]=N[C@H](c1ccccc1)[C@@H](O)C(=O)OCc1ccccc1. The van der Waals surface area contributed by atoms with Crippen LogP contribution in [0.15, 0.2) is 65.8 Å². The second-order valence-corrected chi connectivity index (χ2v) is 4.60. The van der Waals surface area contributed by atoms with Crippen molar-refractivity contribution in [3.63, 3.8) is 0 Å². The molecule has 0 aromatic heterocycles. The zero-order chi connectivity index (χ0) is 15.8. The Morgan fingerprint density at radius 1 is 1.14 bits per heavy atom. The monoisotopic (exact) mass is 297 g/mol. The van der Waals surface area contributed by atoms with Crippen molar-refractivity contribution in [2.45, 2.75) is 18.8 Å². The lowest BCUT2D eigenvalue weighted by atomic mass is 10.0. The topological polar surface area (TPSA) is 95.3 Å². The van der Waals surface area contributed by atoms with Gasteiger partial charge in [-0.25, -0.2) is 4.79 Å². The summed E-state index contributed by atoms with van der Waals surface area (Å²) in [5.74, 6) is -0.829. The number of carbonyl (C=O) groups is 1. The van der Waals surface area contributed by atoms with E-state index in [1.54, 1.807) is 30.3 Å². The summed E-state index contributed by atoms with van der Waals surface area (Å²) in [5, 5.41) is 13.6. The molecule has 0 aliphatic carbocycles. The Balaban J connectivity index is 2.05. The van der Waals surface area contributed by atoms with E-state index in [2.05, 4.69) is 10.0 Å². The molecule has 6 heteroatoms. The molecule has 0 saturated carbocycles. The highest BCUT2D eigenvalue weighted by Crippen LogP contribution is 2.22. The molecule has 0 spiro atoms. The van der Waals surface area contributed by atoms with Gasteiger partial charge in [0.15, 0.2) is 6.10 Å². The number of aliphatic hydroxyl groups excluding tert-OH is 1. The molecule has 1 N–H and O–H groups in total. The lowest BCUT2D eigenvalue weighted by Crippen LogP contribution is -2.28. The van der Waals surface area contributed by atoms with E-state index in [-0.39, 0.29) is 6.61 Å². The summed E-state index contributed by atoms with van der Waals surface area (Å²) in [6.07, 6.45) is -1.55. The Hall–Kier alpha value is -2.82. The quantitative estimate of drug-likeness (QED) is 0.384.